The Labute approximate surface area is 140 Å². The third-order valence-electron chi connectivity index (χ3n) is 3.19. The summed E-state index contributed by atoms with van der Waals surface area (Å²) in [4.78, 5) is 0.120. The largest absolute Gasteiger partial charge is 0.312 e. The van der Waals surface area contributed by atoms with E-state index in [-0.39, 0.29) is 4.90 Å². The highest BCUT2D eigenvalue weighted by atomic mass is 35.5. The zero-order valence-corrected chi connectivity index (χ0v) is 14.0. The van der Waals surface area contributed by atoms with Crippen LogP contribution in [-0.2, 0) is 23.0 Å². The van der Waals surface area contributed by atoms with Gasteiger partial charge in [-0.1, -0.05) is 47.5 Å². The summed E-state index contributed by atoms with van der Waals surface area (Å²) in [6, 6.07) is 12.1. The lowest BCUT2D eigenvalue weighted by Crippen LogP contribution is -2.17. The van der Waals surface area contributed by atoms with Crippen LogP contribution in [0.4, 0.5) is 0 Å². The van der Waals surface area contributed by atoms with Crippen LogP contribution >= 0.6 is 23.2 Å². The first-order valence-electron chi connectivity index (χ1n) is 6.63. The Hall–Kier alpha value is -1.11. The first-order valence-corrected chi connectivity index (χ1v) is 8.93. The zero-order valence-electron chi connectivity index (χ0n) is 11.7. The van der Waals surface area contributed by atoms with E-state index < -0.39 is 10.0 Å². The number of nitrogens with one attached hydrogen (secondary N) is 1. The lowest BCUT2D eigenvalue weighted by atomic mass is 10.1. The maximum Gasteiger partial charge on any atom is 0.238 e. The normalized spacial score (nSPS) is 11.6. The molecule has 118 valence electrons. The minimum Gasteiger partial charge on any atom is -0.312 e. The second kappa shape index (κ2) is 7.44. The summed E-state index contributed by atoms with van der Waals surface area (Å²) in [6.45, 7) is 1.35. The third kappa shape index (κ3) is 4.69. The van der Waals surface area contributed by atoms with Gasteiger partial charge in [0.25, 0.3) is 0 Å². The minimum atomic E-state index is -3.63. The van der Waals surface area contributed by atoms with E-state index in [0.29, 0.717) is 16.6 Å². The van der Waals surface area contributed by atoms with Crippen molar-refractivity contribution in [2.75, 3.05) is 6.54 Å². The summed E-state index contributed by atoms with van der Waals surface area (Å²) < 4.78 is 22.3. The van der Waals surface area contributed by atoms with Crippen molar-refractivity contribution in [2.24, 2.45) is 5.14 Å². The molecule has 0 spiro atoms. The van der Waals surface area contributed by atoms with Gasteiger partial charge in [0.05, 0.1) is 14.9 Å². The molecule has 0 radical (unpaired) electrons. The van der Waals surface area contributed by atoms with E-state index in [0.717, 1.165) is 24.1 Å². The molecule has 4 nitrogen and oxygen atoms in total. The summed E-state index contributed by atoms with van der Waals surface area (Å²) >= 11 is 12.1. The SMILES string of the molecule is NS(=O)(=O)c1ccc(CCNCc2cccc(Cl)c2Cl)cc1. The van der Waals surface area contributed by atoms with Gasteiger partial charge in [0, 0.05) is 6.54 Å². The van der Waals surface area contributed by atoms with Crippen LogP contribution in [0.1, 0.15) is 11.1 Å². The first-order chi connectivity index (χ1) is 10.4. The second-order valence-corrected chi connectivity index (χ2v) is 7.18. The van der Waals surface area contributed by atoms with Crippen molar-refractivity contribution in [1.82, 2.24) is 5.32 Å². The molecule has 0 aliphatic carbocycles. The second-order valence-electron chi connectivity index (χ2n) is 4.83. The molecule has 0 aliphatic rings. The monoisotopic (exact) mass is 358 g/mol. The lowest BCUT2D eigenvalue weighted by molar-refractivity contribution is 0.597. The summed E-state index contributed by atoms with van der Waals surface area (Å²) in [5, 5.41) is 9.44. The van der Waals surface area contributed by atoms with E-state index in [1.165, 1.54) is 12.1 Å². The van der Waals surface area contributed by atoms with Crippen LogP contribution in [0.15, 0.2) is 47.4 Å². The fraction of sp³-hybridized carbons (Fsp3) is 0.200. The quantitative estimate of drug-likeness (QED) is 0.779. The molecule has 2 aromatic carbocycles. The summed E-state index contributed by atoms with van der Waals surface area (Å²) in [7, 11) is -3.63. The van der Waals surface area contributed by atoms with Crippen molar-refractivity contribution in [3.05, 3.63) is 63.6 Å². The van der Waals surface area contributed by atoms with Gasteiger partial charge in [0.2, 0.25) is 10.0 Å². The summed E-state index contributed by atoms with van der Waals surface area (Å²) in [5.41, 5.74) is 1.97. The number of primary sulfonamides is 1. The van der Waals surface area contributed by atoms with Crippen LogP contribution < -0.4 is 10.5 Å². The summed E-state index contributed by atoms with van der Waals surface area (Å²) in [6.07, 6.45) is 0.767. The smallest absolute Gasteiger partial charge is 0.238 e. The Morgan fingerprint density at radius 2 is 1.73 bits per heavy atom. The van der Waals surface area contributed by atoms with Crippen LogP contribution in [-0.4, -0.2) is 15.0 Å². The van der Waals surface area contributed by atoms with E-state index in [1.54, 1.807) is 18.2 Å². The highest BCUT2D eigenvalue weighted by Crippen LogP contribution is 2.25. The standard InChI is InChI=1S/C15H16Cl2N2O2S/c16-14-3-1-2-12(15(14)17)10-19-9-8-11-4-6-13(7-5-11)22(18,20)21/h1-7,19H,8-10H2,(H2,18,20,21). The van der Waals surface area contributed by atoms with Crippen LogP contribution in [0.2, 0.25) is 10.0 Å². The van der Waals surface area contributed by atoms with Crippen LogP contribution in [0, 0.1) is 0 Å². The van der Waals surface area contributed by atoms with Gasteiger partial charge in [-0.2, -0.15) is 0 Å². The molecule has 0 amide bonds. The number of benzene rings is 2. The van der Waals surface area contributed by atoms with Crippen molar-refractivity contribution in [3.63, 3.8) is 0 Å². The fourth-order valence-electron chi connectivity index (χ4n) is 1.99. The van der Waals surface area contributed by atoms with E-state index in [9.17, 15) is 8.42 Å². The maximum atomic E-state index is 11.2. The molecule has 0 heterocycles. The molecule has 0 aromatic heterocycles. The van der Waals surface area contributed by atoms with Crippen molar-refractivity contribution >= 4 is 33.2 Å². The maximum absolute atomic E-state index is 11.2. The number of hydrogen-bond donors (Lipinski definition) is 2. The van der Waals surface area contributed by atoms with E-state index >= 15 is 0 Å². The number of hydrogen-bond acceptors (Lipinski definition) is 3. The molecule has 2 rings (SSSR count). The Bertz CT molecular complexity index is 747. The van der Waals surface area contributed by atoms with Gasteiger partial charge in [-0.05, 0) is 42.3 Å². The van der Waals surface area contributed by atoms with Gasteiger partial charge in [-0.3, -0.25) is 0 Å². The molecule has 0 aliphatic heterocycles. The Kier molecular flexibility index (Phi) is 5.83. The fourth-order valence-corrected chi connectivity index (χ4v) is 2.89. The Morgan fingerprint density at radius 1 is 1.05 bits per heavy atom. The van der Waals surface area contributed by atoms with Crippen molar-refractivity contribution in [3.8, 4) is 0 Å². The number of sulfonamides is 1. The molecule has 22 heavy (non-hydrogen) atoms. The van der Waals surface area contributed by atoms with Crippen LogP contribution in [0.25, 0.3) is 0 Å². The number of nitrogens with two attached hydrogens (primary N) is 1. The topological polar surface area (TPSA) is 72.2 Å². The predicted octanol–water partition coefficient (Wildman–Crippen LogP) is 2.97. The molecule has 0 bridgehead atoms. The number of rotatable bonds is 6. The Morgan fingerprint density at radius 3 is 2.36 bits per heavy atom. The van der Waals surface area contributed by atoms with Gasteiger partial charge in [-0.15, -0.1) is 0 Å². The minimum absolute atomic E-state index is 0.120. The molecule has 0 atom stereocenters. The molecule has 0 saturated carbocycles. The highest BCUT2D eigenvalue weighted by Gasteiger charge is 2.07. The van der Waals surface area contributed by atoms with E-state index in [1.807, 2.05) is 12.1 Å². The third-order valence-corrected chi connectivity index (χ3v) is 4.98. The highest BCUT2D eigenvalue weighted by molar-refractivity contribution is 7.89. The lowest BCUT2D eigenvalue weighted by Gasteiger charge is -2.08. The molecular formula is C15H16Cl2N2O2S. The zero-order chi connectivity index (χ0) is 16.2. The molecule has 0 fully saturated rings. The average molecular weight is 359 g/mol. The molecular weight excluding hydrogens is 343 g/mol. The predicted molar refractivity (Wildman–Crippen MR) is 89.7 cm³/mol. The van der Waals surface area contributed by atoms with E-state index in [4.69, 9.17) is 28.3 Å². The summed E-state index contributed by atoms with van der Waals surface area (Å²) in [5.74, 6) is 0. The van der Waals surface area contributed by atoms with Gasteiger partial charge in [-0.25, -0.2) is 13.6 Å². The van der Waals surface area contributed by atoms with Gasteiger partial charge in [0.15, 0.2) is 0 Å². The molecule has 2 aromatic rings. The van der Waals surface area contributed by atoms with Crippen molar-refractivity contribution < 1.29 is 8.42 Å². The first kappa shape index (κ1) is 17.2. The van der Waals surface area contributed by atoms with Gasteiger partial charge in [0.1, 0.15) is 0 Å². The molecule has 0 saturated heterocycles. The molecule has 3 N–H and O–H groups in total. The Balaban J connectivity index is 1.85. The van der Waals surface area contributed by atoms with Gasteiger partial charge < -0.3 is 5.32 Å². The van der Waals surface area contributed by atoms with Gasteiger partial charge >= 0.3 is 0 Å². The van der Waals surface area contributed by atoms with Crippen LogP contribution in [0.5, 0.6) is 0 Å². The van der Waals surface area contributed by atoms with E-state index in [2.05, 4.69) is 5.32 Å². The van der Waals surface area contributed by atoms with Crippen molar-refractivity contribution in [1.29, 1.82) is 0 Å². The van der Waals surface area contributed by atoms with Crippen molar-refractivity contribution in [2.45, 2.75) is 17.9 Å². The average Bonchev–Trinajstić information content (AvgIpc) is 2.47. The molecule has 7 heteroatoms. The number of halogens is 2. The molecule has 0 unspecified atom stereocenters. The van der Waals surface area contributed by atoms with Crippen LogP contribution in [0.3, 0.4) is 0 Å².